The van der Waals surface area contributed by atoms with Crippen LogP contribution in [0.5, 0.6) is 0 Å². The Hall–Kier alpha value is -1.56. The molecule has 82 valence electrons. The monoisotopic (exact) mass is 220 g/mol. The van der Waals surface area contributed by atoms with Crippen LogP contribution in [0, 0.1) is 5.82 Å². The van der Waals surface area contributed by atoms with Crippen molar-refractivity contribution in [1.29, 1.82) is 0 Å². The maximum atomic E-state index is 12.7. The second-order valence-electron chi connectivity index (χ2n) is 2.67. The number of carboxylic acid groups (broad SMARTS) is 1. The summed E-state index contributed by atoms with van der Waals surface area (Å²) in [5.41, 5.74) is -0.164. The first-order valence-electron chi connectivity index (χ1n) is 3.92. The number of aliphatic carboxylic acids is 1. The summed E-state index contributed by atoms with van der Waals surface area (Å²) in [5.74, 6) is -2.31. The zero-order valence-electron chi connectivity index (χ0n) is 7.36. The number of halogens is 3. The van der Waals surface area contributed by atoms with Gasteiger partial charge in [-0.05, 0) is 17.7 Å². The van der Waals surface area contributed by atoms with Crippen molar-refractivity contribution >= 4 is 5.97 Å². The number of carboxylic acids is 1. The Bertz CT molecular complexity index is 354. The molecule has 0 bridgehead atoms. The highest BCUT2D eigenvalue weighted by atomic mass is 19.3. The highest BCUT2D eigenvalue weighted by Gasteiger charge is 2.24. The molecule has 1 aromatic carbocycles. The molecule has 1 N–H and O–H groups in total. The normalized spacial score (nSPS) is 12.8. The highest BCUT2D eigenvalue weighted by Crippen LogP contribution is 2.21. The van der Waals surface area contributed by atoms with E-state index in [1.165, 1.54) is 12.1 Å². The second-order valence-corrected chi connectivity index (χ2v) is 2.67. The molecule has 6 heteroatoms. The Morgan fingerprint density at radius 2 is 2.07 bits per heavy atom. The van der Waals surface area contributed by atoms with E-state index >= 15 is 0 Å². The van der Waals surface area contributed by atoms with Gasteiger partial charge in [0.05, 0.1) is 0 Å². The van der Waals surface area contributed by atoms with Crippen molar-refractivity contribution in [3.05, 3.63) is 35.6 Å². The third-order valence-electron chi connectivity index (χ3n) is 1.61. The molecule has 0 aromatic heterocycles. The molecule has 0 aliphatic heterocycles. The van der Waals surface area contributed by atoms with Crippen LogP contribution in [-0.4, -0.2) is 17.7 Å². The molecule has 0 spiro atoms. The first kappa shape index (κ1) is 11.5. The Morgan fingerprint density at radius 3 is 2.53 bits per heavy atom. The van der Waals surface area contributed by atoms with Crippen LogP contribution in [-0.2, 0) is 9.53 Å². The first-order chi connectivity index (χ1) is 7.00. The molecular formula is C9H7F3O3. The van der Waals surface area contributed by atoms with E-state index in [2.05, 4.69) is 4.74 Å². The molecule has 1 rings (SSSR count). The van der Waals surface area contributed by atoms with Crippen LogP contribution in [0.3, 0.4) is 0 Å². The molecule has 0 saturated carbocycles. The molecule has 0 aliphatic carbocycles. The summed E-state index contributed by atoms with van der Waals surface area (Å²) in [4.78, 5) is 10.6. The van der Waals surface area contributed by atoms with Gasteiger partial charge in [-0.15, -0.1) is 0 Å². The van der Waals surface area contributed by atoms with E-state index in [-0.39, 0.29) is 5.56 Å². The summed E-state index contributed by atoms with van der Waals surface area (Å²) in [6, 6.07) is 4.33. The standard InChI is InChI=1S/C9H7F3O3/c10-6-3-1-2-5(4-6)7(8(13)14)15-9(11)12/h1-4,7,9H,(H,13,14). The second kappa shape index (κ2) is 4.79. The number of benzene rings is 1. The lowest BCUT2D eigenvalue weighted by Gasteiger charge is -2.12. The SMILES string of the molecule is O=C(O)C(OC(F)F)c1cccc(F)c1. The van der Waals surface area contributed by atoms with Crippen molar-refractivity contribution in [3.63, 3.8) is 0 Å². The van der Waals surface area contributed by atoms with Crippen molar-refractivity contribution in [2.45, 2.75) is 12.7 Å². The minimum Gasteiger partial charge on any atom is -0.479 e. The van der Waals surface area contributed by atoms with Crippen molar-refractivity contribution in [2.75, 3.05) is 0 Å². The minimum absolute atomic E-state index is 0.164. The van der Waals surface area contributed by atoms with Crippen LogP contribution in [0.25, 0.3) is 0 Å². The van der Waals surface area contributed by atoms with Crippen LogP contribution in [0.1, 0.15) is 11.7 Å². The molecule has 0 saturated heterocycles. The number of alkyl halides is 2. The number of rotatable bonds is 4. The van der Waals surface area contributed by atoms with Crippen LogP contribution in [0.4, 0.5) is 13.2 Å². The average molecular weight is 220 g/mol. The third kappa shape index (κ3) is 3.25. The molecule has 3 nitrogen and oxygen atoms in total. The maximum absolute atomic E-state index is 12.7. The predicted octanol–water partition coefficient (Wildman–Crippen LogP) is 2.19. The van der Waals surface area contributed by atoms with Gasteiger partial charge < -0.3 is 9.84 Å². The molecule has 0 fully saturated rings. The van der Waals surface area contributed by atoms with Gasteiger partial charge in [0.25, 0.3) is 0 Å². The fraction of sp³-hybridized carbons (Fsp3) is 0.222. The number of hydrogen-bond acceptors (Lipinski definition) is 2. The first-order valence-corrected chi connectivity index (χ1v) is 3.92. The summed E-state index contributed by atoms with van der Waals surface area (Å²) in [6.07, 6.45) is -1.86. The molecule has 1 unspecified atom stereocenters. The van der Waals surface area contributed by atoms with Gasteiger partial charge in [0, 0.05) is 0 Å². The summed E-state index contributed by atoms with van der Waals surface area (Å²) >= 11 is 0. The Morgan fingerprint density at radius 1 is 1.40 bits per heavy atom. The largest absolute Gasteiger partial charge is 0.479 e. The lowest BCUT2D eigenvalue weighted by molar-refractivity contribution is -0.188. The fourth-order valence-corrected chi connectivity index (χ4v) is 1.05. The summed E-state index contributed by atoms with van der Waals surface area (Å²) < 4.78 is 40.2. The average Bonchev–Trinajstić information content (AvgIpc) is 2.13. The van der Waals surface area contributed by atoms with Crippen LogP contribution >= 0.6 is 0 Å². The van der Waals surface area contributed by atoms with E-state index in [0.717, 1.165) is 12.1 Å². The van der Waals surface area contributed by atoms with E-state index in [4.69, 9.17) is 5.11 Å². The molecular weight excluding hydrogens is 213 g/mol. The molecule has 0 heterocycles. The predicted molar refractivity (Wildman–Crippen MR) is 43.9 cm³/mol. The van der Waals surface area contributed by atoms with E-state index < -0.39 is 24.5 Å². The van der Waals surface area contributed by atoms with Gasteiger partial charge in [-0.2, -0.15) is 8.78 Å². The van der Waals surface area contributed by atoms with E-state index in [9.17, 15) is 18.0 Å². The Balaban J connectivity index is 2.94. The Labute approximate surface area is 83.1 Å². The van der Waals surface area contributed by atoms with Gasteiger partial charge in [-0.25, -0.2) is 9.18 Å². The van der Waals surface area contributed by atoms with Gasteiger partial charge in [-0.3, -0.25) is 0 Å². The quantitative estimate of drug-likeness (QED) is 0.845. The van der Waals surface area contributed by atoms with Crippen molar-refractivity contribution in [2.24, 2.45) is 0 Å². The van der Waals surface area contributed by atoms with E-state index in [1.54, 1.807) is 0 Å². The highest BCUT2D eigenvalue weighted by molar-refractivity contribution is 5.74. The molecule has 0 aliphatic rings. The summed E-state index contributed by atoms with van der Waals surface area (Å²) in [6.45, 7) is -3.23. The summed E-state index contributed by atoms with van der Waals surface area (Å²) in [5, 5.41) is 8.59. The topological polar surface area (TPSA) is 46.5 Å². The molecule has 1 atom stereocenters. The van der Waals surface area contributed by atoms with Crippen LogP contribution in [0.2, 0.25) is 0 Å². The molecule has 1 aromatic rings. The minimum atomic E-state index is -3.23. The summed E-state index contributed by atoms with van der Waals surface area (Å²) in [7, 11) is 0. The number of carbonyl (C=O) groups is 1. The van der Waals surface area contributed by atoms with Gasteiger partial charge in [0.2, 0.25) is 0 Å². The van der Waals surface area contributed by atoms with Crippen molar-refractivity contribution < 1.29 is 27.8 Å². The third-order valence-corrected chi connectivity index (χ3v) is 1.61. The fourth-order valence-electron chi connectivity index (χ4n) is 1.05. The van der Waals surface area contributed by atoms with Gasteiger partial charge in [0.15, 0.2) is 6.10 Å². The van der Waals surface area contributed by atoms with Crippen molar-refractivity contribution in [1.82, 2.24) is 0 Å². The van der Waals surface area contributed by atoms with Gasteiger partial charge in [-0.1, -0.05) is 12.1 Å². The molecule has 15 heavy (non-hydrogen) atoms. The smallest absolute Gasteiger partial charge is 0.346 e. The Kier molecular flexibility index (Phi) is 3.68. The lowest BCUT2D eigenvalue weighted by Crippen LogP contribution is -2.18. The van der Waals surface area contributed by atoms with Crippen LogP contribution < -0.4 is 0 Å². The van der Waals surface area contributed by atoms with Gasteiger partial charge in [0.1, 0.15) is 5.82 Å². The molecule has 0 amide bonds. The van der Waals surface area contributed by atoms with Gasteiger partial charge >= 0.3 is 12.6 Å². The lowest BCUT2D eigenvalue weighted by atomic mass is 10.1. The molecule has 0 radical (unpaired) electrons. The number of hydrogen-bond donors (Lipinski definition) is 1. The van der Waals surface area contributed by atoms with Crippen LogP contribution in [0.15, 0.2) is 24.3 Å². The zero-order valence-corrected chi connectivity index (χ0v) is 7.36. The van der Waals surface area contributed by atoms with E-state index in [0.29, 0.717) is 0 Å². The number of ether oxygens (including phenoxy) is 1. The zero-order chi connectivity index (χ0) is 11.4. The van der Waals surface area contributed by atoms with E-state index in [1.807, 2.05) is 0 Å². The maximum Gasteiger partial charge on any atom is 0.346 e. The van der Waals surface area contributed by atoms with Crippen molar-refractivity contribution in [3.8, 4) is 0 Å².